The van der Waals surface area contributed by atoms with Crippen molar-refractivity contribution in [2.75, 3.05) is 38.6 Å². The number of likely N-dealkylation sites (N-methyl/N-ethyl adjacent to an activating group) is 1. The van der Waals surface area contributed by atoms with Crippen LogP contribution in [0.5, 0.6) is 0 Å². The van der Waals surface area contributed by atoms with Crippen LogP contribution in [0, 0.1) is 0 Å². The molecule has 0 aliphatic rings. The van der Waals surface area contributed by atoms with Crippen LogP contribution in [0.1, 0.15) is 5.56 Å². The fourth-order valence-corrected chi connectivity index (χ4v) is 2.94. The van der Waals surface area contributed by atoms with Gasteiger partial charge in [-0.2, -0.15) is 5.10 Å². The minimum atomic E-state index is 0.823. The molecule has 1 aromatic heterocycles. The number of anilines is 1. The summed E-state index contributed by atoms with van der Waals surface area (Å²) in [6, 6.07) is 20.8. The molecule has 146 valence electrons. The highest BCUT2D eigenvalue weighted by molar-refractivity contribution is 5.79. The molecule has 0 bridgehead atoms. The molecular formula is C22H28N6. The number of hydrogen-bond donors (Lipinski definition) is 2. The van der Waals surface area contributed by atoms with Crippen LogP contribution in [0.2, 0.25) is 0 Å². The zero-order valence-electron chi connectivity index (χ0n) is 16.5. The quantitative estimate of drug-likeness (QED) is 0.469. The Balaban J connectivity index is 1.38. The Labute approximate surface area is 166 Å². The first-order chi connectivity index (χ1) is 13.8. The molecule has 1 heterocycles. The molecule has 6 heteroatoms. The molecule has 0 amide bonds. The SMILES string of the molecule is CN=C(NCCc1ccc(-n2cccn2)cc1)NCCN(C)c1ccccc1. The molecule has 0 atom stereocenters. The lowest BCUT2D eigenvalue weighted by atomic mass is 10.1. The average Bonchev–Trinajstić information content (AvgIpc) is 3.28. The van der Waals surface area contributed by atoms with Gasteiger partial charge in [0.1, 0.15) is 0 Å². The second-order valence-electron chi connectivity index (χ2n) is 6.55. The van der Waals surface area contributed by atoms with Gasteiger partial charge in [0.15, 0.2) is 5.96 Å². The van der Waals surface area contributed by atoms with E-state index in [1.165, 1.54) is 11.3 Å². The van der Waals surface area contributed by atoms with Crippen molar-refractivity contribution in [1.29, 1.82) is 0 Å². The summed E-state index contributed by atoms with van der Waals surface area (Å²) in [4.78, 5) is 6.52. The predicted molar refractivity (Wildman–Crippen MR) is 116 cm³/mol. The third-order valence-corrected chi connectivity index (χ3v) is 4.57. The van der Waals surface area contributed by atoms with Crippen LogP contribution >= 0.6 is 0 Å². The van der Waals surface area contributed by atoms with Gasteiger partial charge in [-0.25, -0.2) is 4.68 Å². The summed E-state index contributed by atoms with van der Waals surface area (Å²) in [6.07, 6.45) is 4.67. The molecule has 2 N–H and O–H groups in total. The Morgan fingerprint density at radius 2 is 1.75 bits per heavy atom. The Kier molecular flexibility index (Phi) is 7.07. The van der Waals surface area contributed by atoms with E-state index in [0.717, 1.165) is 37.7 Å². The summed E-state index contributed by atoms with van der Waals surface area (Å²) < 4.78 is 1.86. The third kappa shape index (κ3) is 5.61. The molecule has 0 aliphatic carbocycles. The fraction of sp³-hybridized carbons (Fsp3) is 0.273. The first kappa shape index (κ1) is 19.5. The first-order valence-corrected chi connectivity index (χ1v) is 9.56. The van der Waals surface area contributed by atoms with E-state index in [-0.39, 0.29) is 0 Å². The van der Waals surface area contributed by atoms with E-state index in [4.69, 9.17) is 0 Å². The minimum absolute atomic E-state index is 0.823. The van der Waals surface area contributed by atoms with E-state index in [1.54, 1.807) is 13.2 Å². The molecule has 0 unspecified atom stereocenters. The van der Waals surface area contributed by atoms with Crippen LogP contribution in [0.3, 0.4) is 0 Å². The summed E-state index contributed by atoms with van der Waals surface area (Å²) in [5.74, 6) is 0.828. The molecular weight excluding hydrogens is 348 g/mol. The fourth-order valence-electron chi connectivity index (χ4n) is 2.94. The number of benzene rings is 2. The van der Waals surface area contributed by atoms with E-state index >= 15 is 0 Å². The number of nitrogens with one attached hydrogen (secondary N) is 2. The lowest BCUT2D eigenvalue weighted by molar-refractivity contribution is 0.770. The zero-order chi connectivity index (χ0) is 19.6. The average molecular weight is 377 g/mol. The van der Waals surface area contributed by atoms with Crippen molar-refractivity contribution in [1.82, 2.24) is 20.4 Å². The molecule has 0 fully saturated rings. The van der Waals surface area contributed by atoms with E-state index in [2.05, 4.69) is 81.2 Å². The molecule has 0 aliphatic heterocycles. The molecule has 0 radical (unpaired) electrons. The van der Waals surface area contributed by atoms with E-state index in [9.17, 15) is 0 Å². The number of aliphatic imine (C=N–C) groups is 1. The highest BCUT2D eigenvalue weighted by atomic mass is 15.3. The van der Waals surface area contributed by atoms with Crippen LogP contribution in [0.4, 0.5) is 5.69 Å². The van der Waals surface area contributed by atoms with E-state index in [1.807, 2.05) is 23.0 Å². The van der Waals surface area contributed by atoms with Crippen LogP contribution in [-0.4, -0.2) is 49.5 Å². The summed E-state index contributed by atoms with van der Waals surface area (Å²) >= 11 is 0. The maximum Gasteiger partial charge on any atom is 0.191 e. The van der Waals surface area contributed by atoms with Crippen molar-refractivity contribution in [2.45, 2.75) is 6.42 Å². The van der Waals surface area contributed by atoms with Gasteiger partial charge >= 0.3 is 0 Å². The van der Waals surface area contributed by atoms with Gasteiger partial charge in [-0.05, 0) is 42.3 Å². The van der Waals surface area contributed by atoms with Crippen LogP contribution in [0.25, 0.3) is 5.69 Å². The second kappa shape index (κ2) is 10.2. The van der Waals surface area contributed by atoms with E-state index in [0.29, 0.717) is 0 Å². The van der Waals surface area contributed by atoms with Crippen molar-refractivity contribution < 1.29 is 0 Å². The number of guanidine groups is 1. The van der Waals surface area contributed by atoms with Crippen LogP contribution in [0.15, 0.2) is 78.0 Å². The molecule has 0 saturated heterocycles. The summed E-state index contributed by atoms with van der Waals surface area (Å²) in [5.41, 5.74) is 3.56. The Morgan fingerprint density at radius 3 is 2.43 bits per heavy atom. The third-order valence-electron chi connectivity index (χ3n) is 4.57. The van der Waals surface area contributed by atoms with Crippen molar-refractivity contribution in [2.24, 2.45) is 4.99 Å². The van der Waals surface area contributed by atoms with Gasteiger partial charge in [0.25, 0.3) is 0 Å². The molecule has 28 heavy (non-hydrogen) atoms. The highest BCUT2D eigenvalue weighted by Gasteiger charge is 2.02. The predicted octanol–water partition coefficient (Wildman–Crippen LogP) is 2.72. The van der Waals surface area contributed by atoms with Crippen molar-refractivity contribution in [3.05, 3.63) is 78.6 Å². The largest absolute Gasteiger partial charge is 0.373 e. The maximum absolute atomic E-state index is 4.30. The molecule has 3 rings (SSSR count). The lowest BCUT2D eigenvalue weighted by Gasteiger charge is -2.20. The number of nitrogens with zero attached hydrogens (tertiary/aromatic N) is 4. The van der Waals surface area contributed by atoms with Gasteiger partial charge in [-0.3, -0.25) is 4.99 Å². The molecule has 3 aromatic rings. The topological polar surface area (TPSA) is 57.5 Å². The van der Waals surface area contributed by atoms with Gasteiger partial charge in [-0.15, -0.1) is 0 Å². The zero-order valence-corrected chi connectivity index (χ0v) is 16.5. The van der Waals surface area contributed by atoms with Gasteiger partial charge < -0.3 is 15.5 Å². The Bertz CT molecular complexity index is 841. The van der Waals surface area contributed by atoms with Crippen molar-refractivity contribution in [3.63, 3.8) is 0 Å². The Hall–Kier alpha value is -3.28. The van der Waals surface area contributed by atoms with Crippen LogP contribution < -0.4 is 15.5 Å². The minimum Gasteiger partial charge on any atom is -0.373 e. The standard InChI is InChI=1S/C22H28N6/c1-23-22(25-16-18-27(2)20-7-4-3-5-8-20)24-15-13-19-9-11-21(12-10-19)28-17-6-14-26-28/h3-12,14,17H,13,15-16,18H2,1-2H3,(H2,23,24,25). The second-order valence-corrected chi connectivity index (χ2v) is 6.55. The monoisotopic (exact) mass is 376 g/mol. The number of hydrogen-bond acceptors (Lipinski definition) is 3. The van der Waals surface area contributed by atoms with Gasteiger partial charge in [-0.1, -0.05) is 30.3 Å². The maximum atomic E-state index is 4.30. The summed E-state index contributed by atoms with van der Waals surface area (Å²) in [6.45, 7) is 2.55. The van der Waals surface area contributed by atoms with Gasteiger partial charge in [0, 0.05) is 51.8 Å². The normalized spacial score (nSPS) is 11.3. The Morgan fingerprint density at radius 1 is 1.00 bits per heavy atom. The molecule has 2 aromatic carbocycles. The lowest BCUT2D eigenvalue weighted by Crippen LogP contribution is -2.41. The van der Waals surface area contributed by atoms with E-state index < -0.39 is 0 Å². The number of para-hydroxylation sites is 1. The molecule has 6 nitrogen and oxygen atoms in total. The molecule has 0 saturated carbocycles. The smallest absolute Gasteiger partial charge is 0.191 e. The van der Waals surface area contributed by atoms with Crippen LogP contribution in [-0.2, 0) is 6.42 Å². The summed E-state index contributed by atoms with van der Waals surface area (Å²) in [7, 11) is 3.90. The number of rotatable bonds is 8. The number of aromatic nitrogens is 2. The summed E-state index contributed by atoms with van der Waals surface area (Å²) in [5, 5.41) is 11.0. The first-order valence-electron chi connectivity index (χ1n) is 9.56. The molecule has 0 spiro atoms. The van der Waals surface area contributed by atoms with Crippen molar-refractivity contribution in [3.8, 4) is 5.69 Å². The van der Waals surface area contributed by atoms with Gasteiger partial charge in [0.2, 0.25) is 0 Å². The van der Waals surface area contributed by atoms with Gasteiger partial charge in [0.05, 0.1) is 5.69 Å². The highest BCUT2D eigenvalue weighted by Crippen LogP contribution is 2.10. The van der Waals surface area contributed by atoms with Crippen molar-refractivity contribution >= 4 is 11.6 Å².